The van der Waals surface area contributed by atoms with Crippen LogP contribution in [-0.4, -0.2) is 41.7 Å². The molecule has 0 aromatic heterocycles. The maximum Gasteiger partial charge on any atom is 0.140 e. The first-order chi connectivity index (χ1) is 9.63. The van der Waals surface area contributed by atoms with Crippen molar-refractivity contribution in [3.63, 3.8) is 0 Å². The number of nitrogens with two attached hydrogens (primary N) is 1. The van der Waals surface area contributed by atoms with Gasteiger partial charge in [-0.1, -0.05) is 23.4 Å². The van der Waals surface area contributed by atoms with Gasteiger partial charge in [-0.05, 0) is 32.4 Å². The number of benzene rings is 1. The number of nitrogens with zero attached hydrogens (tertiary/aromatic N) is 2. The Balaban J connectivity index is 2.25. The molecule has 1 aromatic carbocycles. The lowest BCUT2D eigenvalue weighted by Crippen LogP contribution is -2.35. The minimum Gasteiger partial charge on any atom is -0.494 e. The number of ether oxygens (including phenoxy) is 1. The van der Waals surface area contributed by atoms with Crippen LogP contribution in [0.2, 0.25) is 0 Å². The fourth-order valence-corrected chi connectivity index (χ4v) is 1.91. The van der Waals surface area contributed by atoms with E-state index in [0.29, 0.717) is 19.1 Å². The molecule has 1 aromatic rings. The van der Waals surface area contributed by atoms with Crippen molar-refractivity contribution in [2.24, 2.45) is 10.9 Å². The smallest absolute Gasteiger partial charge is 0.140 e. The summed E-state index contributed by atoms with van der Waals surface area (Å²) in [6, 6.07) is 10.2. The van der Waals surface area contributed by atoms with Crippen LogP contribution in [0.5, 0.6) is 5.75 Å². The second-order valence-corrected chi connectivity index (χ2v) is 4.99. The molecule has 0 amide bonds. The van der Waals surface area contributed by atoms with Crippen molar-refractivity contribution in [2.75, 3.05) is 19.7 Å². The van der Waals surface area contributed by atoms with Crippen molar-refractivity contribution >= 4 is 5.84 Å². The van der Waals surface area contributed by atoms with E-state index in [9.17, 15) is 0 Å². The molecule has 0 aliphatic heterocycles. The normalized spacial score (nSPS) is 12.1. The number of oxime groups is 1. The molecule has 0 heterocycles. The first kappa shape index (κ1) is 16.3. The van der Waals surface area contributed by atoms with E-state index in [1.165, 1.54) is 0 Å². The van der Waals surface area contributed by atoms with E-state index in [4.69, 9.17) is 15.7 Å². The fourth-order valence-electron chi connectivity index (χ4n) is 1.91. The first-order valence-electron chi connectivity index (χ1n) is 7.01. The molecule has 112 valence electrons. The monoisotopic (exact) mass is 279 g/mol. The summed E-state index contributed by atoms with van der Waals surface area (Å²) in [5, 5.41) is 11.5. The van der Waals surface area contributed by atoms with E-state index < -0.39 is 0 Å². The molecule has 5 nitrogen and oxygen atoms in total. The highest BCUT2D eigenvalue weighted by atomic mass is 16.5. The molecule has 1 rings (SSSR count). The molecule has 0 saturated carbocycles. The van der Waals surface area contributed by atoms with Crippen LogP contribution in [0.25, 0.3) is 0 Å². The number of rotatable bonds is 9. The van der Waals surface area contributed by atoms with E-state index >= 15 is 0 Å². The van der Waals surface area contributed by atoms with Gasteiger partial charge >= 0.3 is 0 Å². The molecular weight excluding hydrogens is 254 g/mol. The average Bonchev–Trinajstić information content (AvgIpc) is 2.46. The van der Waals surface area contributed by atoms with Crippen LogP contribution in [0.15, 0.2) is 35.5 Å². The van der Waals surface area contributed by atoms with Crippen LogP contribution in [0.3, 0.4) is 0 Å². The molecular formula is C15H25N3O2. The van der Waals surface area contributed by atoms with Gasteiger partial charge in [-0.15, -0.1) is 0 Å². The third kappa shape index (κ3) is 6.43. The molecule has 0 radical (unpaired) electrons. The highest BCUT2D eigenvalue weighted by Crippen LogP contribution is 2.09. The Bertz CT molecular complexity index is 393. The molecule has 0 fully saturated rings. The van der Waals surface area contributed by atoms with Crippen molar-refractivity contribution in [1.29, 1.82) is 0 Å². The van der Waals surface area contributed by atoms with Gasteiger partial charge in [-0.2, -0.15) is 0 Å². The zero-order valence-electron chi connectivity index (χ0n) is 12.3. The third-order valence-corrected chi connectivity index (χ3v) is 3.12. The summed E-state index contributed by atoms with van der Waals surface area (Å²) in [7, 11) is 0. The van der Waals surface area contributed by atoms with Crippen LogP contribution in [0, 0.1) is 0 Å². The van der Waals surface area contributed by atoms with Gasteiger partial charge in [0.25, 0.3) is 0 Å². The predicted octanol–water partition coefficient (Wildman–Crippen LogP) is 2.30. The Morgan fingerprint density at radius 2 is 2.00 bits per heavy atom. The zero-order valence-corrected chi connectivity index (χ0v) is 12.3. The Hall–Kier alpha value is -1.75. The van der Waals surface area contributed by atoms with E-state index in [2.05, 4.69) is 23.9 Å². The topological polar surface area (TPSA) is 71.1 Å². The van der Waals surface area contributed by atoms with E-state index in [1.54, 1.807) is 0 Å². The summed E-state index contributed by atoms with van der Waals surface area (Å²) in [6.07, 6.45) is 1.53. The molecule has 5 heteroatoms. The van der Waals surface area contributed by atoms with Crippen LogP contribution in [0.1, 0.15) is 26.7 Å². The number of hydrogen-bond acceptors (Lipinski definition) is 4. The van der Waals surface area contributed by atoms with Crippen molar-refractivity contribution < 1.29 is 9.94 Å². The summed E-state index contributed by atoms with van der Waals surface area (Å²) in [5.74, 6) is 1.18. The third-order valence-electron chi connectivity index (χ3n) is 3.12. The summed E-state index contributed by atoms with van der Waals surface area (Å²) < 4.78 is 5.67. The summed E-state index contributed by atoms with van der Waals surface area (Å²) in [4.78, 5) is 2.30. The summed E-state index contributed by atoms with van der Waals surface area (Å²) in [6.45, 7) is 6.70. The number of hydrogen-bond donors (Lipinski definition) is 2. The molecule has 20 heavy (non-hydrogen) atoms. The molecule has 0 bridgehead atoms. The standard InChI is InChI=1S/C15H25N3O2/c1-13(2)18(11-9-15(16)17-19)10-6-12-20-14-7-4-3-5-8-14/h3-5,7-8,13,19H,6,9-12H2,1-2H3,(H2,16,17). The van der Waals surface area contributed by atoms with Crippen LogP contribution >= 0.6 is 0 Å². The molecule has 0 aliphatic carbocycles. The predicted molar refractivity (Wildman–Crippen MR) is 81.3 cm³/mol. The van der Waals surface area contributed by atoms with E-state index in [0.717, 1.165) is 25.3 Å². The largest absolute Gasteiger partial charge is 0.494 e. The highest BCUT2D eigenvalue weighted by Gasteiger charge is 2.09. The Morgan fingerprint density at radius 3 is 2.60 bits per heavy atom. The molecule has 0 saturated heterocycles. The van der Waals surface area contributed by atoms with Gasteiger partial charge in [0, 0.05) is 25.6 Å². The quantitative estimate of drug-likeness (QED) is 0.239. The minimum absolute atomic E-state index is 0.274. The zero-order chi connectivity index (χ0) is 14.8. The highest BCUT2D eigenvalue weighted by molar-refractivity contribution is 5.79. The average molecular weight is 279 g/mol. The molecule has 0 spiro atoms. The molecule has 3 N–H and O–H groups in total. The van der Waals surface area contributed by atoms with Crippen molar-refractivity contribution in [3.8, 4) is 5.75 Å². The van der Waals surface area contributed by atoms with Gasteiger partial charge in [0.05, 0.1) is 6.61 Å². The molecule has 0 unspecified atom stereocenters. The van der Waals surface area contributed by atoms with Crippen molar-refractivity contribution in [2.45, 2.75) is 32.7 Å². The van der Waals surface area contributed by atoms with Gasteiger partial charge in [-0.3, -0.25) is 0 Å². The maximum absolute atomic E-state index is 8.55. The number of para-hydroxylation sites is 1. The van der Waals surface area contributed by atoms with E-state index in [-0.39, 0.29) is 5.84 Å². The molecule has 0 atom stereocenters. The number of amidine groups is 1. The van der Waals surface area contributed by atoms with Crippen LogP contribution in [-0.2, 0) is 0 Å². The Morgan fingerprint density at radius 1 is 1.30 bits per heavy atom. The maximum atomic E-state index is 8.55. The Labute approximate surface area is 121 Å². The lowest BCUT2D eigenvalue weighted by Gasteiger charge is -2.26. The minimum atomic E-state index is 0.274. The lowest BCUT2D eigenvalue weighted by atomic mass is 10.2. The van der Waals surface area contributed by atoms with Crippen molar-refractivity contribution in [3.05, 3.63) is 30.3 Å². The van der Waals surface area contributed by atoms with Gasteiger partial charge in [0.1, 0.15) is 11.6 Å². The summed E-state index contributed by atoms with van der Waals surface area (Å²) >= 11 is 0. The first-order valence-corrected chi connectivity index (χ1v) is 7.01. The van der Waals surface area contributed by atoms with E-state index in [1.807, 2.05) is 30.3 Å². The van der Waals surface area contributed by atoms with Gasteiger partial charge in [0.2, 0.25) is 0 Å². The summed E-state index contributed by atoms with van der Waals surface area (Å²) in [5.41, 5.74) is 5.50. The molecule has 0 aliphatic rings. The Kier molecular flexibility index (Phi) is 7.50. The lowest BCUT2D eigenvalue weighted by molar-refractivity contribution is 0.201. The SMILES string of the molecule is CC(C)N(CCCOc1ccccc1)CCC(N)=NO. The second kappa shape index (κ2) is 9.20. The van der Waals surface area contributed by atoms with Gasteiger partial charge in [-0.25, -0.2) is 0 Å². The fraction of sp³-hybridized carbons (Fsp3) is 0.533. The van der Waals surface area contributed by atoms with Crippen LogP contribution < -0.4 is 10.5 Å². The van der Waals surface area contributed by atoms with Crippen molar-refractivity contribution in [1.82, 2.24) is 4.90 Å². The van der Waals surface area contributed by atoms with Crippen LogP contribution in [0.4, 0.5) is 0 Å². The van der Waals surface area contributed by atoms with Gasteiger partial charge in [0.15, 0.2) is 0 Å². The van der Waals surface area contributed by atoms with Gasteiger partial charge < -0.3 is 20.6 Å². The second-order valence-electron chi connectivity index (χ2n) is 4.99.